The molecule has 0 bridgehead atoms. The van der Waals surface area contributed by atoms with Crippen LogP contribution in [0, 0.1) is 0 Å². The molecule has 4 N–H and O–H groups in total. The molecule has 1 aromatic heterocycles. The lowest BCUT2D eigenvalue weighted by molar-refractivity contribution is -0.892. The minimum absolute atomic E-state index is 0.0788. The van der Waals surface area contributed by atoms with Crippen LogP contribution in [0.5, 0.6) is 0 Å². The van der Waals surface area contributed by atoms with E-state index in [9.17, 15) is 14.4 Å². The number of anilines is 2. The fourth-order valence-electron chi connectivity index (χ4n) is 3.73. The van der Waals surface area contributed by atoms with E-state index in [2.05, 4.69) is 4.98 Å². The first-order valence-corrected chi connectivity index (χ1v) is 10.3. The van der Waals surface area contributed by atoms with E-state index in [-0.39, 0.29) is 17.4 Å². The number of quaternary nitrogens is 1. The van der Waals surface area contributed by atoms with E-state index in [4.69, 9.17) is 5.73 Å². The molecule has 1 aliphatic rings. The molecule has 1 aromatic rings. The van der Waals surface area contributed by atoms with Crippen LogP contribution in [-0.2, 0) is 11.3 Å². The second-order valence-electron chi connectivity index (χ2n) is 7.33. The number of H-pyrrole nitrogens is 1. The molecule has 8 nitrogen and oxygen atoms in total. The zero-order valence-corrected chi connectivity index (χ0v) is 16.7. The molecule has 0 aliphatic carbocycles. The average Bonchev–Trinajstić information content (AvgIpc) is 2.60. The van der Waals surface area contributed by atoms with Gasteiger partial charge in [0.05, 0.1) is 13.1 Å². The quantitative estimate of drug-likeness (QED) is 0.625. The van der Waals surface area contributed by atoms with Crippen molar-refractivity contribution in [2.45, 2.75) is 65.3 Å². The fraction of sp³-hybridized carbons (Fsp3) is 0.737. The molecular weight excluding hydrogens is 346 g/mol. The third-order valence-electron chi connectivity index (χ3n) is 5.30. The van der Waals surface area contributed by atoms with Crippen molar-refractivity contribution in [3.8, 4) is 0 Å². The van der Waals surface area contributed by atoms with Gasteiger partial charge in [0, 0.05) is 13.1 Å². The molecule has 0 unspecified atom stereocenters. The maximum atomic E-state index is 13.0. The highest BCUT2D eigenvalue weighted by atomic mass is 16.2. The van der Waals surface area contributed by atoms with Crippen molar-refractivity contribution >= 4 is 17.4 Å². The zero-order valence-electron chi connectivity index (χ0n) is 16.7. The van der Waals surface area contributed by atoms with Crippen molar-refractivity contribution in [3.63, 3.8) is 0 Å². The monoisotopic (exact) mass is 380 g/mol. The number of nitrogens with zero attached hydrogens (tertiary/aromatic N) is 2. The van der Waals surface area contributed by atoms with Gasteiger partial charge in [-0.2, -0.15) is 0 Å². The Balaban J connectivity index is 2.26. The summed E-state index contributed by atoms with van der Waals surface area (Å²) >= 11 is 0. The van der Waals surface area contributed by atoms with Gasteiger partial charge >= 0.3 is 5.69 Å². The molecule has 1 aliphatic heterocycles. The number of nitrogens with two attached hydrogens (primary N) is 1. The molecule has 1 saturated heterocycles. The molecule has 1 amide bonds. The van der Waals surface area contributed by atoms with Crippen molar-refractivity contribution in [3.05, 3.63) is 20.8 Å². The summed E-state index contributed by atoms with van der Waals surface area (Å²) in [5, 5.41) is 0. The molecule has 0 saturated carbocycles. The molecule has 8 heteroatoms. The van der Waals surface area contributed by atoms with E-state index in [0.717, 1.165) is 38.8 Å². The molecule has 1 fully saturated rings. The van der Waals surface area contributed by atoms with Gasteiger partial charge in [0.15, 0.2) is 12.2 Å². The second kappa shape index (κ2) is 10.3. The van der Waals surface area contributed by atoms with Gasteiger partial charge in [-0.15, -0.1) is 0 Å². The van der Waals surface area contributed by atoms with Gasteiger partial charge in [-0.1, -0.05) is 19.8 Å². The van der Waals surface area contributed by atoms with Crippen LogP contribution < -0.4 is 26.8 Å². The highest BCUT2D eigenvalue weighted by molar-refractivity contribution is 5.96. The molecule has 0 aromatic carbocycles. The standard InChI is InChI=1S/C19H33N5O3/c1-3-5-13-24-17(20)16(18(26)21-19(24)27)23(4-2)15(25)14-22-11-9-7-6-8-10-12-22/h3-14,20H2,1-2H3,(H,21,26,27)/p+1. The van der Waals surface area contributed by atoms with Gasteiger partial charge in [0.2, 0.25) is 0 Å². The first-order valence-electron chi connectivity index (χ1n) is 10.3. The third kappa shape index (κ3) is 5.45. The van der Waals surface area contributed by atoms with Crippen molar-refractivity contribution < 1.29 is 9.69 Å². The summed E-state index contributed by atoms with van der Waals surface area (Å²) in [5.74, 6) is -0.0407. The normalized spacial score (nSPS) is 15.9. The highest BCUT2D eigenvalue weighted by Crippen LogP contribution is 2.16. The summed E-state index contributed by atoms with van der Waals surface area (Å²) in [6.45, 7) is 6.90. The average molecular weight is 381 g/mol. The molecule has 0 radical (unpaired) electrons. The maximum absolute atomic E-state index is 13.0. The first kappa shape index (κ1) is 21.2. The number of rotatable bonds is 7. The van der Waals surface area contributed by atoms with E-state index in [1.165, 1.54) is 33.6 Å². The van der Waals surface area contributed by atoms with Gasteiger partial charge in [-0.3, -0.25) is 24.0 Å². The lowest BCUT2D eigenvalue weighted by Crippen LogP contribution is -3.13. The number of likely N-dealkylation sites (tertiary alicyclic amines) is 1. The number of aromatic amines is 1. The second-order valence-corrected chi connectivity index (χ2v) is 7.33. The number of aromatic nitrogens is 2. The summed E-state index contributed by atoms with van der Waals surface area (Å²) in [6.07, 6.45) is 7.61. The Kier molecular flexibility index (Phi) is 8.09. The number of hydrogen-bond donors (Lipinski definition) is 3. The molecule has 0 spiro atoms. The molecule has 2 heterocycles. The number of nitrogen functional groups attached to an aromatic ring is 1. The predicted octanol–water partition coefficient (Wildman–Crippen LogP) is 0.121. The summed E-state index contributed by atoms with van der Waals surface area (Å²) in [6, 6.07) is 0. The van der Waals surface area contributed by atoms with Crippen molar-refractivity contribution in [1.82, 2.24) is 9.55 Å². The lowest BCUT2D eigenvalue weighted by atomic mass is 10.1. The van der Waals surface area contributed by atoms with Crippen LogP contribution in [0.4, 0.5) is 11.5 Å². The maximum Gasteiger partial charge on any atom is 0.330 e. The number of amides is 1. The van der Waals surface area contributed by atoms with Crippen LogP contribution in [0.1, 0.15) is 58.8 Å². The van der Waals surface area contributed by atoms with Crippen LogP contribution in [0.3, 0.4) is 0 Å². The van der Waals surface area contributed by atoms with Gasteiger partial charge < -0.3 is 10.6 Å². The summed E-state index contributed by atoms with van der Waals surface area (Å²) < 4.78 is 1.36. The number of hydrogen-bond acceptors (Lipinski definition) is 4. The molecule has 0 atom stereocenters. The minimum atomic E-state index is -0.594. The van der Waals surface area contributed by atoms with Crippen LogP contribution in [0.15, 0.2) is 9.59 Å². The molecule has 2 rings (SSSR count). The van der Waals surface area contributed by atoms with Crippen LogP contribution in [0.25, 0.3) is 0 Å². The summed E-state index contributed by atoms with van der Waals surface area (Å²) in [4.78, 5) is 42.5. The minimum Gasteiger partial charge on any atom is -0.383 e. The number of carbonyl (C=O) groups is 1. The third-order valence-corrected chi connectivity index (χ3v) is 5.30. The SMILES string of the molecule is CCCCn1c(N)c(N(CC)C(=O)C[NH+]2CCCCCCC2)c(=O)[nH]c1=O. The van der Waals surface area contributed by atoms with Crippen LogP contribution >= 0.6 is 0 Å². The Morgan fingerprint density at radius 1 is 1.15 bits per heavy atom. The van der Waals surface area contributed by atoms with E-state index >= 15 is 0 Å². The van der Waals surface area contributed by atoms with Gasteiger partial charge in [-0.05, 0) is 39.0 Å². The topological polar surface area (TPSA) is 106 Å². The van der Waals surface area contributed by atoms with Crippen molar-refractivity contribution in [2.24, 2.45) is 0 Å². The summed E-state index contributed by atoms with van der Waals surface area (Å²) in [7, 11) is 0. The van der Waals surface area contributed by atoms with Crippen molar-refractivity contribution in [2.75, 3.05) is 36.8 Å². The van der Waals surface area contributed by atoms with E-state index in [0.29, 0.717) is 19.6 Å². The Hall–Kier alpha value is -2.09. The van der Waals surface area contributed by atoms with Crippen LogP contribution in [-0.4, -0.2) is 41.6 Å². The van der Waals surface area contributed by atoms with Crippen molar-refractivity contribution in [1.29, 1.82) is 0 Å². The number of unbranched alkanes of at least 4 members (excludes halogenated alkanes) is 1. The first-order chi connectivity index (χ1) is 13.0. The lowest BCUT2D eigenvalue weighted by Gasteiger charge is -2.26. The Bertz CT molecular complexity index is 732. The zero-order chi connectivity index (χ0) is 19.8. The Morgan fingerprint density at radius 3 is 2.37 bits per heavy atom. The number of carbonyl (C=O) groups excluding carboxylic acids is 1. The number of likely N-dealkylation sites (N-methyl/N-ethyl adjacent to an activating group) is 1. The molecular formula is C19H34N5O3+. The number of nitrogens with one attached hydrogen (secondary N) is 2. The van der Waals surface area contributed by atoms with E-state index in [1.807, 2.05) is 13.8 Å². The van der Waals surface area contributed by atoms with Gasteiger partial charge in [0.1, 0.15) is 5.82 Å². The van der Waals surface area contributed by atoms with Gasteiger partial charge in [-0.25, -0.2) is 4.79 Å². The Labute approximate surface area is 160 Å². The van der Waals surface area contributed by atoms with E-state index < -0.39 is 11.2 Å². The molecule has 152 valence electrons. The smallest absolute Gasteiger partial charge is 0.330 e. The van der Waals surface area contributed by atoms with Crippen LogP contribution in [0.2, 0.25) is 0 Å². The predicted molar refractivity (Wildman–Crippen MR) is 107 cm³/mol. The van der Waals surface area contributed by atoms with E-state index in [1.54, 1.807) is 0 Å². The highest BCUT2D eigenvalue weighted by Gasteiger charge is 2.26. The molecule has 27 heavy (non-hydrogen) atoms. The summed E-state index contributed by atoms with van der Waals surface area (Å²) in [5.41, 5.74) is 5.15. The largest absolute Gasteiger partial charge is 0.383 e. The Morgan fingerprint density at radius 2 is 1.78 bits per heavy atom. The van der Waals surface area contributed by atoms with Gasteiger partial charge in [0.25, 0.3) is 11.5 Å². The fourth-order valence-corrected chi connectivity index (χ4v) is 3.73.